The van der Waals surface area contributed by atoms with Crippen LogP contribution in [0.15, 0.2) is 102 Å². The van der Waals surface area contributed by atoms with Gasteiger partial charge in [0.25, 0.3) is 0 Å². The zero-order valence-corrected chi connectivity index (χ0v) is 23.8. The van der Waals surface area contributed by atoms with Crippen LogP contribution in [-0.4, -0.2) is 62.4 Å². The molecular formula is C32H31N5O4S. The maximum absolute atomic E-state index is 13.8. The van der Waals surface area contributed by atoms with Crippen molar-refractivity contribution in [1.82, 2.24) is 19.8 Å². The van der Waals surface area contributed by atoms with Crippen LogP contribution in [0, 0.1) is 11.3 Å². The fourth-order valence-corrected chi connectivity index (χ4v) is 6.23. The van der Waals surface area contributed by atoms with E-state index in [0.29, 0.717) is 30.8 Å². The van der Waals surface area contributed by atoms with Crippen molar-refractivity contribution in [1.29, 1.82) is 5.26 Å². The fourth-order valence-electron chi connectivity index (χ4n) is 5.01. The highest BCUT2D eigenvalue weighted by Gasteiger charge is 2.32. The number of nitrogens with one attached hydrogen (secondary N) is 2. The first kappa shape index (κ1) is 28.8. The summed E-state index contributed by atoms with van der Waals surface area (Å²) in [6.07, 6.45) is 0.0684. The number of rotatable bonds is 8. The Kier molecular flexibility index (Phi) is 8.81. The number of hydrogen-bond acceptors (Lipinski definition) is 5. The fraction of sp³-hybridized carbons (Fsp3) is 0.219. The Morgan fingerprint density at radius 2 is 1.45 bits per heavy atom. The first-order chi connectivity index (χ1) is 20.3. The van der Waals surface area contributed by atoms with Gasteiger partial charge >= 0.3 is 6.03 Å². The molecule has 0 radical (unpaired) electrons. The molecule has 4 aromatic carbocycles. The smallest absolute Gasteiger partial charge is 0.317 e. The van der Waals surface area contributed by atoms with Crippen molar-refractivity contribution in [2.45, 2.75) is 23.9 Å². The van der Waals surface area contributed by atoms with Crippen LogP contribution in [-0.2, 0) is 27.8 Å². The lowest BCUT2D eigenvalue weighted by Crippen LogP contribution is -2.57. The molecule has 42 heavy (non-hydrogen) atoms. The average Bonchev–Trinajstić information content (AvgIpc) is 3.03. The summed E-state index contributed by atoms with van der Waals surface area (Å²) in [5, 5.41) is 13.9. The van der Waals surface area contributed by atoms with Gasteiger partial charge in [-0.2, -0.15) is 9.98 Å². The lowest BCUT2D eigenvalue weighted by atomic mass is 10.0. The Bertz CT molecular complexity index is 1730. The first-order valence-electron chi connectivity index (χ1n) is 13.7. The Hall–Kier alpha value is -4.72. The molecule has 1 heterocycles. The van der Waals surface area contributed by atoms with E-state index in [1.54, 1.807) is 46.2 Å². The third-order valence-electron chi connectivity index (χ3n) is 7.29. The second kappa shape index (κ2) is 12.9. The summed E-state index contributed by atoms with van der Waals surface area (Å²) in [5.41, 5.74) is 2.07. The maximum atomic E-state index is 13.8. The molecule has 1 saturated heterocycles. The van der Waals surface area contributed by atoms with Crippen LogP contribution in [0.25, 0.3) is 10.8 Å². The predicted molar refractivity (Wildman–Crippen MR) is 160 cm³/mol. The molecule has 0 saturated carbocycles. The van der Waals surface area contributed by atoms with Crippen LogP contribution in [0.1, 0.15) is 16.7 Å². The minimum absolute atomic E-state index is 0.0599. The second-order valence-electron chi connectivity index (χ2n) is 10.2. The number of nitriles is 1. The number of piperazine rings is 1. The molecule has 0 aliphatic carbocycles. The van der Waals surface area contributed by atoms with Crippen LogP contribution in [0.2, 0.25) is 0 Å². The van der Waals surface area contributed by atoms with E-state index in [1.807, 2.05) is 54.6 Å². The average molecular weight is 582 g/mol. The molecule has 1 atom stereocenters. The number of carbonyl (C=O) groups excluding carboxylic acids is 2. The summed E-state index contributed by atoms with van der Waals surface area (Å²) in [5.74, 6) is -0.383. The monoisotopic (exact) mass is 581 g/mol. The van der Waals surface area contributed by atoms with Gasteiger partial charge in [0.15, 0.2) is 0 Å². The van der Waals surface area contributed by atoms with Crippen LogP contribution in [0.5, 0.6) is 0 Å². The highest BCUT2D eigenvalue weighted by Crippen LogP contribution is 2.20. The standard InChI is InChI=1S/C32H31N5O4S/c33-22-26-10-6-9-25(19-26)20-30(35-42(40,41)29-14-13-27-11-4-5-12-28(27)21-29)31(38)36-15-17-37(18-16-36)32(39)34-23-24-7-2-1-3-8-24/h1-14,19,21,30,35H,15-18,20,23H2,(H,34,39). The summed E-state index contributed by atoms with van der Waals surface area (Å²) in [6, 6.07) is 29.4. The van der Waals surface area contributed by atoms with Crippen molar-refractivity contribution in [3.05, 3.63) is 114 Å². The summed E-state index contributed by atoms with van der Waals surface area (Å²) >= 11 is 0. The largest absolute Gasteiger partial charge is 0.338 e. The second-order valence-corrected chi connectivity index (χ2v) is 11.9. The first-order valence-corrected chi connectivity index (χ1v) is 15.2. The topological polar surface area (TPSA) is 123 Å². The van der Waals surface area contributed by atoms with E-state index in [4.69, 9.17) is 0 Å². The molecule has 0 bridgehead atoms. The SMILES string of the molecule is N#Cc1cccc(CC(NS(=O)(=O)c2ccc3ccccc3c2)C(=O)N2CCN(C(=O)NCc3ccccc3)CC2)c1. The Morgan fingerprint density at radius 1 is 0.786 bits per heavy atom. The van der Waals surface area contributed by atoms with Gasteiger partial charge in [-0.05, 0) is 52.6 Å². The number of sulfonamides is 1. The van der Waals surface area contributed by atoms with Gasteiger partial charge in [-0.15, -0.1) is 0 Å². The zero-order chi connectivity index (χ0) is 29.5. The molecule has 1 unspecified atom stereocenters. The molecule has 1 aliphatic rings. The van der Waals surface area contributed by atoms with Crippen molar-refractivity contribution in [3.8, 4) is 6.07 Å². The minimum Gasteiger partial charge on any atom is -0.338 e. The van der Waals surface area contributed by atoms with Crippen molar-refractivity contribution in [2.75, 3.05) is 26.2 Å². The molecule has 10 heteroatoms. The highest BCUT2D eigenvalue weighted by atomic mass is 32.2. The Balaban J connectivity index is 1.30. The third kappa shape index (κ3) is 6.94. The van der Waals surface area contributed by atoms with E-state index in [9.17, 15) is 23.3 Å². The molecule has 4 aromatic rings. The lowest BCUT2D eigenvalue weighted by molar-refractivity contribution is -0.134. The Labute approximate surface area is 245 Å². The van der Waals surface area contributed by atoms with E-state index in [1.165, 1.54) is 6.07 Å². The Morgan fingerprint density at radius 3 is 2.19 bits per heavy atom. The summed E-state index contributed by atoms with van der Waals surface area (Å²) < 4.78 is 29.7. The highest BCUT2D eigenvalue weighted by molar-refractivity contribution is 7.89. The van der Waals surface area contributed by atoms with Gasteiger partial charge in [-0.3, -0.25) is 4.79 Å². The number of amides is 3. The quantitative estimate of drug-likeness (QED) is 0.329. The molecule has 1 fully saturated rings. The van der Waals surface area contributed by atoms with E-state index in [-0.39, 0.29) is 36.3 Å². The van der Waals surface area contributed by atoms with Gasteiger partial charge in [0.1, 0.15) is 6.04 Å². The third-order valence-corrected chi connectivity index (χ3v) is 8.76. The van der Waals surface area contributed by atoms with Gasteiger partial charge in [-0.1, -0.05) is 72.8 Å². The van der Waals surface area contributed by atoms with Gasteiger partial charge in [0.2, 0.25) is 15.9 Å². The molecular weight excluding hydrogens is 550 g/mol. The molecule has 5 rings (SSSR count). The molecule has 9 nitrogen and oxygen atoms in total. The van der Waals surface area contributed by atoms with Crippen LogP contribution < -0.4 is 10.0 Å². The van der Waals surface area contributed by atoms with Crippen LogP contribution >= 0.6 is 0 Å². The molecule has 2 N–H and O–H groups in total. The van der Waals surface area contributed by atoms with Gasteiger partial charge in [0.05, 0.1) is 16.5 Å². The number of fused-ring (bicyclic) bond motifs is 1. The van der Waals surface area contributed by atoms with Gasteiger partial charge < -0.3 is 15.1 Å². The van der Waals surface area contributed by atoms with E-state index < -0.39 is 16.1 Å². The zero-order valence-electron chi connectivity index (χ0n) is 22.9. The van der Waals surface area contributed by atoms with Crippen LogP contribution in [0.3, 0.4) is 0 Å². The summed E-state index contributed by atoms with van der Waals surface area (Å²) in [6.45, 7) is 1.58. The van der Waals surface area contributed by atoms with E-state index in [0.717, 1.165) is 16.3 Å². The maximum Gasteiger partial charge on any atom is 0.317 e. The number of benzene rings is 4. The molecule has 3 amide bonds. The lowest BCUT2D eigenvalue weighted by Gasteiger charge is -2.36. The van der Waals surface area contributed by atoms with E-state index in [2.05, 4.69) is 16.1 Å². The molecule has 1 aliphatic heterocycles. The van der Waals surface area contributed by atoms with E-state index >= 15 is 0 Å². The molecule has 0 spiro atoms. The predicted octanol–water partition coefficient (Wildman–Crippen LogP) is 3.66. The normalized spacial score (nSPS) is 14.3. The van der Waals surface area contributed by atoms with Crippen LogP contribution in [0.4, 0.5) is 4.79 Å². The number of carbonyl (C=O) groups is 2. The van der Waals surface area contributed by atoms with Crippen molar-refractivity contribution in [2.24, 2.45) is 0 Å². The van der Waals surface area contributed by atoms with Gasteiger partial charge in [0, 0.05) is 32.7 Å². The number of urea groups is 1. The number of nitrogens with zero attached hydrogens (tertiary/aromatic N) is 3. The van der Waals surface area contributed by atoms with Crippen molar-refractivity contribution >= 4 is 32.7 Å². The van der Waals surface area contributed by atoms with Gasteiger partial charge in [-0.25, -0.2) is 13.2 Å². The molecule has 214 valence electrons. The summed E-state index contributed by atoms with van der Waals surface area (Å²) in [7, 11) is -4.07. The van der Waals surface area contributed by atoms with Crippen molar-refractivity contribution in [3.63, 3.8) is 0 Å². The summed E-state index contributed by atoms with van der Waals surface area (Å²) in [4.78, 5) is 29.8. The van der Waals surface area contributed by atoms with Crippen molar-refractivity contribution < 1.29 is 18.0 Å². The molecule has 0 aromatic heterocycles. The number of hydrogen-bond donors (Lipinski definition) is 2. The minimum atomic E-state index is -4.07.